The number of nitrogens with zero attached hydrogens (tertiary/aromatic N) is 1. The average molecular weight is 387 g/mol. The minimum atomic E-state index is -0.194. The van der Waals surface area contributed by atoms with Gasteiger partial charge in [-0.15, -0.1) is 22.7 Å². The molecule has 3 heterocycles. The van der Waals surface area contributed by atoms with Crippen molar-refractivity contribution in [1.29, 1.82) is 0 Å². The van der Waals surface area contributed by atoms with Crippen LogP contribution in [-0.2, 0) is 11.2 Å². The topological polar surface area (TPSA) is 84.2 Å². The fourth-order valence-electron chi connectivity index (χ4n) is 2.46. The Balaban J connectivity index is 1.39. The van der Waals surface area contributed by atoms with Gasteiger partial charge in [0.25, 0.3) is 5.91 Å². The van der Waals surface area contributed by atoms with Gasteiger partial charge in [-0.1, -0.05) is 0 Å². The maximum atomic E-state index is 12.3. The zero-order valence-corrected chi connectivity index (χ0v) is 15.7. The van der Waals surface area contributed by atoms with E-state index in [0.29, 0.717) is 22.0 Å². The smallest absolute Gasteiger partial charge is 0.254 e. The van der Waals surface area contributed by atoms with E-state index in [2.05, 4.69) is 15.6 Å². The summed E-state index contributed by atoms with van der Waals surface area (Å²) in [6, 6.07) is 5.77. The summed E-state index contributed by atoms with van der Waals surface area (Å²) in [5, 5.41) is 10.7. The second-order valence-electron chi connectivity index (χ2n) is 6.19. The van der Waals surface area contributed by atoms with Gasteiger partial charge in [-0.3, -0.25) is 9.59 Å². The molecule has 1 aliphatic carbocycles. The minimum absolute atomic E-state index is 0.131. The van der Waals surface area contributed by atoms with Gasteiger partial charge in [0.05, 0.1) is 17.7 Å². The summed E-state index contributed by atoms with van der Waals surface area (Å²) in [6.45, 7) is 1.88. The van der Waals surface area contributed by atoms with Gasteiger partial charge in [-0.25, -0.2) is 4.98 Å². The molecule has 0 aliphatic heterocycles. The highest BCUT2D eigenvalue weighted by Gasteiger charge is 2.25. The predicted molar refractivity (Wildman–Crippen MR) is 102 cm³/mol. The molecule has 3 aromatic rings. The lowest BCUT2D eigenvalue weighted by atomic mass is 10.2. The largest absolute Gasteiger partial charge is 0.459 e. The summed E-state index contributed by atoms with van der Waals surface area (Å²) < 4.78 is 5.56. The lowest BCUT2D eigenvalue weighted by molar-refractivity contribution is -0.115. The summed E-state index contributed by atoms with van der Waals surface area (Å²) in [6.07, 6.45) is 2.20. The molecule has 2 N–H and O–H groups in total. The number of carbonyl (C=O) groups excluding carboxylic acids is 2. The van der Waals surface area contributed by atoms with Crippen LogP contribution < -0.4 is 10.6 Å². The lowest BCUT2D eigenvalue weighted by Crippen LogP contribution is -2.26. The fourth-order valence-corrected chi connectivity index (χ4v) is 4.04. The van der Waals surface area contributed by atoms with Crippen LogP contribution in [0.5, 0.6) is 0 Å². The van der Waals surface area contributed by atoms with Crippen molar-refractivity contribution in [2.75, 3.05) is 5.32 Å². The molecule has 4 rings (SSSR count). The van der Waals surface area contributed by atoms with Crippen molar-refractivity contribution in [1.82, 2.24) is 10.3 Å². The van der Waals surface area contributed by atoms with Crippen molar-refractivity contribution in [3.05, 3.63) is 46.0 Å². The number of aryl methyl sites for hydroxylation is 1. The first-order chi connectivity index (χ1) is 12.6. The molecule has 1 aliphatic rings. The molecule has 0 aromatic carbocycles. The van der Waals surface area contributed by atoms with Gasteiger partial charge in [0, 0.05) is 11.4 Å². The number of amides is 2. The Hall–Kier alpha value is -2.45. The monoisotopic (exact) mass is 387 g/mol. The third-order valence-electron chi connectivity index (χ3n) is 3.92. The summed E-state index contributed by atoms with van der Waals surface area (Å²) in [7, 11) is 0. The van der Waals surface area contributed by atoms with Crippen LogP contribution in [0.25, 0.3) is 10.8 Å². The molecule has 134 valence electrons. The van der Waals surface area contributed by atoms with E-state index in [1.165, 1.54) is 22.7 Å². The molecule has 6 nitrogen and oxygen atoms in total. The van der Waals surface area contributed by atoms with Gasteiger partial charge in [-0.2, -0.15) is 0 Å². The normalized spacial score (nSPS) is 13.6. The molecule has 0 saturated heterocycles. The van der Waals surface area contributed by atoms with E-state index in [4.69, 9.17) is 4.42 Å². The molecule has 0 spiro atoms. The lowest BCUT2D eigenvalue weighted by Gasteiger charge is -2.06. The highest BCUT2D eigenvalue weighted by Crippen LogP contribution is 2.27. The number of hydrogen-bond acceptors (Lipinski definition) is 6. The first-order valence-corrected chi connectivity index (χ1v) is 10.0. The molecule has 2 amide bonds. The number of thiazole rings is 1. The van der Waals surface area contributed by atoms with Crippen LogP contribution in [0.4, 0.5) is 5.00 Å². The minimum Gasteiger partial charge on any atom is -0.459 e. The average Bonchev–Trinajstić information content (AvgIpc) is 3.01. The second kappa shape index (κ2) is 7.05. The Kier molecular flexibility index (Phi) is 4.60. The van der Waals surface area contributed by atoms with E-state index in [0.717, 1.165) is 23.6 Å². The van der Waals surface area contributed by atoms with Crippen LogP contribution >= 0.6 is 22.7 Å². The molecule has 0 radical (unpaired) electrons. The van der Waals surface area contributed by atoms with Gasteiger partial charge in [0.2, 0.25) is 5.91 Å². The molecule has 0 unspecified atom stereocenters. The van der Waals surface area contributed by atoms with E-state index < -0.39 is 0 Å². The van der Waals surface area contributed by atoms with E-state index >= 15 is 0 Å². The zero-order chi connectivity index (χ0) is 18.1. The first-order valence-electron chi connectivity index (χ1n) is 8.28. The highest BCUT2D eigenvalue weighted by atomic mass is 32.1. The number of nitrogens with one attached hydrogen (secondary N) is 2. The van der Waals surface area contributed by atoms with Gasteiger partial charge < -0.3 is 15.1 Å². The van der Waals surface area contributed by atoms with Crippen molar-refractivity contribution in [3.63, 3.8) is 0 Å². The van der Waals surface area contributed by atoms with Crippen molar-refractivity contribution in [3.8, 4) is 10.8 Å². The Morgan fingerprint density at radius 3 is 2.85 bits per heavy atom. The number of anilines is 1. The van der Waals surface area contributed by atoms with Crippen LogP contribution in [0.15, 0.2) is 33.4 Å². The molecule has 0 atom stereocenters. The zero-order valence-electron chi connectivity index (χ0n) is 14.1. The molecule has 3 aromatic heterocycles. The second-order valence-corrected chi connectivity index (χ2v) is 7.96. The number of rotatable bonds is 6. The Morgan fingerprint density at radius 2 is 2.12 bits per heavy atom. The Bertz CT molecular complexity index is 952. The fraction of sp³-hybridized carbons (Fsp3) is 0.278. The molecule has 1 fully saturated rings. The molecule has 0 bridgehead atoms. The van der Waals surface area contributed by atoms with Crippen LogP contribution in [0.1, 0.15) is 34.7 Å². The summed E-state index contributed by atoms with van der Waals surface area (Å²) in [4.78, 5) is 29.0. The number of carbonyl (C=O) groups is 2. The number of furan rings is 1. The Labute approximate surface area is 158 Å². The molecule has 1 saturated carbocycles. The van der Waals surface area contributed by atoms with E-state index in [9.17, 15) is 9.59 Å². The van der Waals surface area contributed by atoms with Crippen LogP contribution in [0.2, 0.25) is 0 Å². The molecular weight excluding hydrogens is 370 g/mol. The van der Waals surface area contributed by atoms with Crippen LogP contribution in [0.3, 0.4) is 0 Å². The van der Waals surface area contributed by atoms with Crippen LogP contribution in [0, 0.1) is 6.92 Å². The summed E-state index contributed by atoms with van der Waals surface area (Å²) >= 11 is 2.78. The first kappa shape index (κ1) is 17.0. The third kappa shape index (κ3) is 3.86. The predicted octanol–water partition coefficient (Wildman–Crippen LogP) is 3.85. The maximum Gasteiger partial charge on any atom is 0.254 e. The van der Waals surface area contributed by atoms with Crippen molar-refractivity contribution in [2.24, 2.45) is 0 Å². The maximum absolute atomic E-state index is 12.3. The summed E-state index contributed by atoms with van der Waals surface area (Å²) in [5.74, 6) is 1.20. The quantitative estimate of drug-likeness (QED) is 0.673. The molecule has 26 heavy (non-hydrogen) atoms. The van der Waals surface area contributed by atoms with Crippen LogP contribution in [-0.4, -0.2) is 22.8 Å². The highest BCUT2D eigenvalue weighted by molar-refractivity contribution is 7.14. The van der Waals surface area contributed by atoms with E-state index in [-0.39, 0.29) is 24.3 Å². The van der Waals surface area contributed by atoms with Crippen molar-refractivity contribution >= 4 is 39.5 Å². The van der Waals surface area contributed by atoms with Crippen molar-refractivity contribution in [2.45, 2.75) is 32.2 Å². The van der Waals surface area contributed by atoms with Crippen molar-refractivity contribution < 1.29 is 14.0 Å². The van der Waals surface area contributed by atoms with Gasteiger partial charge in [0.1, 0.15) is 10.8 Å². The number of hydrogen-bond donors (Lipinski definition) is 2. The number of thiophene rings is 1. The van der Waals surface area contributed by atoms with E-state index in [1.807, 2.05) is 24.4 Å². The van der Waals surface area contributed by atoms with Gasteiger partial charge in [-0.05, 0) is 43.3 Å². The summed E-state index contributed by atoms with van der Waals surface area (Å²) in [5.41, 5.74) is 1.19. The molecular formula is C18H17N3O3S2. The Morgan fingerprint density at radius 1 is 1.27 bits per heavy atom. The third-order valence-corrected chi connectivity index (χ3v) is 5.66. The van der Waals surface area contributed by atoms with Gasteiger partial charge >= 0.3 is 0 Å². The molecule has 8 heteroatoms. The van der Waals surface area contributed by atoms with E-state index in [1.54, 1.807) is 11.4 Å². The number of aromatic nitrogens is 1. The van der Waals surface area contributed by atoms with Gasteiger partial charge in [0.15, 0.2) is 10.8 Å². The SMILES string of the molecule is Cc1ccc(-c2nc(CC(=O)Nc3sccc3C(=O)NC3CC3)cs2)o1. The standard InChI is InChI=1S/C18H17N3O3S2/c1-10-2-5-14(24-10)18-20-12(9-26-18)8-15(22)21-17-13(6-7-25-17)16(23)19-11-3-4-11/h2,5-7,9,11H,3-4,8H2,1H3,(H,19,23)(H,21,22).